The molecule has 0 saturated carbocycles. The minimum Gasteiger partial charge on any atom is -0.396 e. The van der Waals surface area contributed by atoms with Crippen LogP contribution in [-0.2, 0) is 0 Å². The van der Waals surface area contributed by atoms with Crippen molar-refractivity contribution in [3.05, 3.63) is 17.3 Å². The first-order chi connectivity index (χ1) is 9.19. The Morgan fingerprint density at radius 2 is 2.32 bits per heavy atom. The number of allylic oxidation sites excluding steroid dienone is 2. The van der Waals surface area contributed by atoms with Gasteiger partial charge >= 0.3 is 0 Å². The Labute approximate surface area is 114 Å². The van der Waals surface area contributed by atoms with E-state index in [1.54, 1.807) is 4.68 Å². The fourth-order valence-corrected chi connectivity index (χ4v) is 2.52. The van der Waals surface area contributed by atoms with Crippen LogP contribution in [0.2, 0.25) is 5.15 Å². The first-order valence-electron chi connectivity index (χ1n) is 6.00. The molecule has 2 atom stereocenters. The summed E-state index contributed by atoms with van der Waals surface area (Å²) in [5.41, 5.74) is 6.56. The zero-order valence-electron chi connectivity index (χ0n) is 10.1. The predicted octanol–water partition coefficient (Wildman–Crippen LogP) is 0.956. The highest BCUT2D eigenvalue weighted by Gasteiger charge is 2.23. The summed E-state index contributed by atoms with van der Waals surface area (Å²) in [6, 6.07) is 0.00117. The van der Waals surface area contributed by atoms with E-state index in [1.807, 2.05) is 12.2 Å². The molecule has 100 valence electrons. The van der Waals surface area contributed by atoms with Crippen LogP contribution >= 0.6 is 11.6 Å². The number of aromatic nitrogens is 5. The number of nitrogens with zero attached hydrogens (tertiary/aromatic N) is 5. The second-order valence-corrected chi connectivity index (χ2v) is 4.95. The molecule has 0 amide bonds. The second-order valence-electron chi connectivity index (χ2n) is 4.59. The molecule has 7 nitrogen and oxygen atoms in total. The van der Waals surface area contributed by atoms with Gasteiger partial charge in [0.25, 0.3) is 0 Å². The van der Waals surface area contributed by atoms with Crippen molar-refractivity contribution in [2.24, 2.45) is 5.92 Å². The summed E-state index contributed by atoms with van der Waals surface area (Å²) in [5.74, 6) is 0.323. The van der Waals surface area contributed by atoms with Gasteiger partial charge in [-0.15, -0.1) is 5.10 Å². The van der Waals surface area contributed by atoms with Crippen molar-refractivity contribution in [2.45, 2.75) is 18.9 Å². The Balaban J connectivity index is 2.06. The third-order valence-electron chi connectivity index (χ3n) is 3.27. The van der Waals surface area contributed by atoms with Crippen LogP contribution in [0.4, 0.5) is 5.95 Å². The first kappa shape index (κ1) is 12.3. The molecule has 0 radical (unpaired) electrons. The zero-order chi connectivity index (χ0) is 13.4. The number of fused-ring (bicyclic) bond motifs is 1. The maximum absolute atomic E-state index is 9.26. The van der Waals surface area contributed by atoms with Crippen molar-refractivity contribution < 1.29 is 5.11 Å². The highest BCUT2D eigenvalue weighted by Crippen LogP contribution is 2.29. The molecule has 0 aromatic carbocycles. The average Bonchev–Trinajstić information content (AvgIpc) is 2.82. The molecule has 3 rings (SSSR count). The Hall–Kier alpha value is -1.73. The average molecular weight is 281 g/mol. The molecule has 1 aliphatic carbocycles. The van der Waals surface area contributed by atoms with E-state index >= 15 is 0 Å². The van der Waals surface area contributed by atoms with Gasteiger partial charge in [-0.3, -0.25) is 0 Å². The van der Waals surface area contributed by atoms with E-state index in [1.165, 1.54) is 0 Å². The summed E-state index contributed by atoms with van der Waals surface area (Å²) in [7, 11) is 0. The highest BCUT2D eigenvalue weighted by molar-refractivity contribution is 6.33. The molecule has 0 spiro atoms. The summed E-state index contributed by atoms with van der Waals surface area (Å²) in [5, 5.41) is 17.5. The highest BCUT2D eigenvalue weighted by atomic mass is 35.5. The second kappa shape index (κ2) is 4.75. The number of nitrogen functional groups attached to an aromatic ring is 1. The topological polar surface area (TPSA) is 103 Å². The number of halogens is 1. The summed E-state index contributed by atoms with van der Waals surface area (Å²) in [4.78, 5) is 8.00. The molecule has 0 unspecified atom stereocenters. The molecule has 19 heavy (non-hydrogen) atoms. The smallest absolute Gasteiger partial charge is 0.223 e. The van der Waals surface area contributed by atoms with E-state index in [-0.39, 0.29) is 29.7 Å². The van der Waals surface area contributed by atoms with E-state index < -0.39 is 0 Å². The lowest BCUT2D eigenvalue weighted by Crippen LogP contribution is -2.19. The molecule has 0 saturated heterocycles. The van der Waals surface area contributed by atoms with Crippen LogP contribution in [0.15, 0.2) is 12.2 Å². The molecule has 0 fully saturated rings. The maximum Gasteiger partial charge on any atom is 0.223 e. The Morgan fingerprint density at radius 3 is 3.11 bits per heavy atom. The summed E-state index contributed by atoms with van der Waals surface area (Å²) >= 11 is 5.97. The first-order valence-corrected chi connectivity index (χ1v) is 6.38. The number of rotatable bonds is 2. The molecule has 1 aliphatic rings. The Bertz CT molecular complexity index is 639. The quantitative estimate of drug-likeness (QED) is 0.627. The van der Waals surface area contributed by atoms with E-state index in [2.05, 4.69) is 20.3 Å². The van der Waals surface area contributed by atoms with Crippen molar-refractivity contribution >= 4 is 28.7 Å². The molecule has 0 bridgehead atoms. The molecular weight excluding hydrogens is 268 g/mol. The van der Waals surface area contributed by atoms with Gasteiger partial charge in [0.2, 0.25) is 5.95 Å². The lowest BCUT2D eigenvalue weighted by atomic mass is 9.92. The van der Waals surface area contributed by atoms with Crippen LogP contribution in [0.25, 0.3) is 11.2 Å². The van der Waals surface area contributed by atoms with Gasteiger partial charge in [-0.2, -0.15) is 9.97 Å². The van der Waals surface area contributed by atoms with Gasteiger partial charge in [-0.1, -0.05) is 29.0 Å². The molecule has 2 aromatic rings. The molecule has 2 aromatic heterocycles. The monoisotopic (exact) mass is 280 g/mol. The molecule has 2 heterocycles. The fourth-order valence-electron chi connectivity index (χ4n) is 2.31. The van der Waals surface area contributed by atoms with E-state index in [0.717, 1.165) is 12.8 Å². The van der Waals surface area contributed by atoms with Crippen molar-refractivity contribution in [3.8, 4) is 0 Å². The van der Waals surface area contributed by atoms with Crippen molar-refractivity contribution in [3.63, 3.8) is 0 Å². The van der Waals surface area contributed by atoms with Crippen LogP contribution in [-0.4, -0.2) is 36.7 Å². The van der Waals surface area contributed by atoms with Gasteiger partial charge in [-0.25, -0.2) is 4.68 Å². The molecule has 3 N–H and O–H groups in total. The van der Waals surface area contributed by atoms with E-state index in [9.17, 15) is 5.11 Å². The maximum atomic E-state index is 9.26. The third kappa shape index (κ3) is 2.15. The SMILES string of the molecule is Nc1nc(Cl)c2nnn([C@H]3C=CC[C@@H](CO)C3)c2n1. The van der Waals surface area contributed by atoms with Crippen LogP contribution in [0.5, 0.6) is 0 Å². The van der Waals surface area contributed by atoms with Crippen molar-refractivity contribution in [1.82, 2.24) is 25.0 Å². The van der Waals surface area contributed by atoms with Gasteiger partial charge in [0.1, 0.15) is 0 Å². The zero-order valence-corrected chi connectivity index (χ0v) is 10.8. The number of nitrogens with two attached hydrogens (primary N) is 1. The van der Waals surface area contributed by atoms with Crippen molar-refractivity contribution in [2.75, 3.05) is 12.3 Å². The standard InChI is InChI=1S/C11H13ClN6O/c12-9-8-10(15-11(13)14-9)18(17-16-8)7-3-1-2-6(4-7)5-19/h1,3,6-7,19H,2,4-5H2,(H2,13,14,15)/t6-,7+/m1/s1. The van der Waals surface area contributed by atoms with Gasteiger partial charge in [0.05, 0.1) is 6.04 Å². The molecule has 0 aliphatic heterocycles. The number of aliphatic hydroxyl groups is 1. The lowest BCUT2D eigenvalue weighted by Gasteiger charge is -2.23. The fraction of sp³-hybridized carbons (Fsp3) is 0.455. The van der Waals surface area contributed by atoms with E-state index in [0.29, 0.717) is 11.2 Å². The lowest BCUT2D eigenvalue weighted by molar-refractivity contribution is 0.202. The van der Waals surface area contributed by atoms with Gasteiger partial charge in [-0.05, 0) is 18.8 Å². The minimum absolute atomic E-state index is 0.00117. The number of hydrogen-bond acceptors (Lipinski definition) is 6. The summed E-state index contributed by atoms with van der Waals surface area (Å²) in [6.07, 6.45) is 5.73. The van der Waals surface area contributed by atoms with Gasteiger partial charge in [0.15, 0.2) is 16.3 Å². The van der Waals surface area contributed by atoms with Gasteiger partial charge in [0, 0.05) is 6.61 Å². The van der Waals surface area contributed by atoms with Crippen molar-refractivity contribution in [1.29, 1.82) is 0 Å². The normalized spacial score (nSPS) is 23.1. The number of hydrogen-bond donors (Lipinski definition) is 2. The van der Waals surface area contributed by atoms with Crippen LogP contribution in [0.3, 0.4) is 0 Å². The predicted molar refractivity (Wildman–Crippen MR) is 70.5 cm³/mol. The molecule has 8 heteroatoms. The number of aliphatic hydroxyl groups excluding tert-OH is 1. The number of anilines is 1. The van der Waals surface area contributed by atoms with Crippen LogP contribution in [0, 0.1) is 5.92 Å². The van der Waals surface area contributed by atoms with Crippen LogP contribution < -0.4 is 5.73 Å². The Kier molecular flexibility index (Phi) is 3.08. The third-order valence-corrected chi connectivity index (χ3v) is 3.54. The summed E-state index contributed by atoms with van der Waals surface area (Å²) < 4.78 is 1.68. The van der Waals surface area contributed by atoms with E-state index in [4.69, 9.17) is 17.3 Å². The largest absolute Gasteiger partial charge is 0.396 e. The summed E-state index contributed by atoms with van der Waals surface area (Å²) in [6.45, 7) is 0.158. The molecular formula is C11H13ClN6O. The minimum atomic E-state index is 0.00117. The Morgan fingerprint density at radius 1 is 1.47 bits per heavy atom. The van der Waals surface area contributed by atoms with Gasteiger partial charge < -0.3 is 10.8 Å². The van der Waals surface area contributed by atoms with Crippen LogP contribution in [0.1, 0.15) is 18.9 Å².